The first-order valence-corrected chi connectivity index (χ1v) is 5.85. The van der Waals surface area contributed by atoms with Gasteiger partial charge < -0.3 is 9.84 Å². The summed E-state index contributed by atoms with van der Waals surface area (Å²) in [5.41, 5.74) is 0.944. The van der Waals surface area contributed by atoms with Crippen molar-refractivity contribution in [3.63, 3.8) is 0 Å². The SMILES string of the molecule is Cl.Cl.c1cc(-c2noc(CC3CCNC3)n2)ccn1. The lowest BCUT2D eigenvalue weighted by Crippen LogP contribution is -2.10. The molecule has 1 N–H and O–H groups in total. The number of hydrogen-bond acceptors (Lipinski definition) is 5. The molecule has 0 amide bonds. The minimum Gasteiger partial charge on any atom is -0.339 e. The highest BCUT2D eigenvalue weighted by atomic mass is 35.5. The topological polar surface area (TPSA) is 63.8 Å². The fourth-order valence-corrected chi connectivity index (χ4v) is 2.09. The maximum atomic E-state index is 5.27. The second kappa shape index (κ2) is 7.43. The van der Waals surface area contributed by atoms with E-state index < -0.39 is 0 Å². The molecule has 7 heteroatoms. The van der Waals surface area contributed by atoms with Crippen LogP contribution in [-0.2, 0) is 6.42 Å². The van der Waals surface area contributed by atoms with Gasteiger partial charge in [0.05, 0.1) is 0 Å². The van der Waals surface area contributed by atoms with Crippen LogP contribution < -0.4 is 5.32 Å². The smallest absolute Gasteiger partial charge is 0.227 e. The minimum absolute atomic E-state index is 0. The summed E-state index contributed by atoms with van der Waals surface area (Å²) in [6.07, 6.45) is 5.51. The lowest BCUT2D eigenvalue weighted by Gasteiger charge is -2.01. The molecule has 0 radical (unpaired) electrons. The second-order valence-electron chi connectivity index (χ2n) is 4.31. The fourth-order valence-electron chi connectivity index (χ4n) is 2.09. The highest BCUT2D eigenvalue weighted by Crippen LogP contribution is 2.18. The van der Waals surface area contributed by atoms with Crippen LogP contribution >= 0.6 is 24.8 Å². The van der Waals surface area contributed by atoms with Crippen molar-refractivity contribution in [3.8, 4) is 11.4 Å². The molecule has 0 spiro atoms. The molecule has 1 atom stereocenters. The van der Waals surface area contributed by atoms with Crippen LogP contribution in [0.15, 0.2) is 29.0 Å². The third-order valence-electron chi connectivity index (χ3n) is 3.03. The van der Waals surface area contributed by atoms with E-state index >= 15 is 0 Å². The predicted molar refractivity (Wildman–Crippen MR) is 76.7 cm³/mol. The molecule has 1 unspecified atom stereocenters. The van der Waals surface area contributed by atoms with Gasteiger partial charge in [0.2, 0.25) is 11.7 Å². The average Bonchev–Trinajstić information content (AvgIpc) is 3.02. The summed E-state index contributed by atoms with van der Waals surface area (Å²) in [5.74, 6) is 2.00. The third kappa shape index (κ3) is 3.89. The van der Waals surface area contributed by atoms with E-state index in [1.807, 2.05) is 12.1 Å². The summed E-state index contributed by atoms with van der Waals surface area (Å²) in [5, 5.41) is 7.33. The van der Waals surface area contributed by atoms with Crippen LogP contribution in [0.4, 0.5) is 0 Å². The van der Waals surface area contributed by atoms with Crippen LogP contribution in [-0.4, -0.2) is 28.2 Å². The van der Waals surface area contributed by atoms with E-state index in [1.54, 1.807) is 12.4 Å². The normalized spacial score (nSPS) is 17.6. The molecular weight excluding hydrogens is 287 g/mol. The summed E-state index contributed by atoms with van der Waals surface area (Å²) in [6, 6.07) is 3.76. The fraction of sp³-hybridized carbons (Fsp3) is 0.417. The Morgan fingerprint density at radius 2 is 2.05 bits per heavy atom. The molecule has 19 heavy (non-hydrogen) atoms. The van der Waals surface area contributed by atoms with E-state index in [0.717, 1.165) is 31.0 Å². The van der Waals surface area contributed by atoms with E-state index in [0.29, 0.717) is 11.7 Å². The highest BCUT2D eigenvalue weighted by molar-refractivity contribution is 5.85. The lowest BCUT2D eigenvalue weighted by molar-refractivity contribution is 0.358. The van der Waals surface area contributed by atoms with Crippen molar-refractivity contribution in [2.45, 2.75) is 12.8 Å². The van der Waals surface area contributed by atoms with E-state index in [1.165, 1.54) is 6.42 Å². The Labute approximate surface area is 124 Å². The zero-order valence-electron chi connectivity index (χ0n) is 10.3. The third-order valence-corrected chi connectivity index (χ3v) is 3.03. The summed E-state index contributed by atoms with van der Waals surface area (Å²) in [6.45, 7) is 2.14. The van der Waals surface area contributed by atoms with Gasteiger partial charge in [-0.05, 0) is 37.6 Å². The number of rotatable bonds is 3. The van der Waals surface area contributed by atoms with Crippen molar-refractivity contribution < 1.29 is 4.52 Å². The van der Waals surface area contributed by atoms with E-state index in [-0.39, 0.29) is 24.8 Å². The zero-order valence-corrected chi connectivity index (χ0v) is 11.9. The molecule has 1 saturated heterocycles. The van der Waals surface area contributed by atoms with E-state index in [2.05, 4.69) is 20.4 Å². The molecule has 2 aromatic heterocycles. The molecule has 1 aliphatic rings. The van der Waals surface area contributed by atoms with Gasteiger partial charge in [-0.25, -0.2) is 0 Å². The molecule has 5 nitrogen and oxygen atoms in total. The van der Waals surface area contributed by atoms with Gasteiger partial charge in [0.15, 0.2) is 0 Å². The number of nitrogens with zero attached hydrogens (tertiary/aromatic N) is 3. The van der Waals surface area contributed by atoms with Gasteiger partial charge in [0.25, 0.3) is 0 Å². The number of halogens is 2. The maximum Gasteiger partial charge on any atom is 0.227 e. The largest absolute Gasteiger partial charge is 0.339 e. The van der Waals surface area contributed by atoms with Gasteiger partial charge in [0, 0.05) is 24.4 Å². The molecule has 0 bridgehead atoms. The Morgan fingerprint density at radius 1 is 1.26 bits per heavy atom. The molecule has 104 valence electrons. The van der Waals surface area contributed by atoms with Gasteiger partial charge >= 0.3 is 0 Å². The van der Waals surface area contributed by atoms with Gasteiger partial charge in [0.1, 0.15) is 0 Å². The van der Waals surface area contributed by atoms with Gasteiger partial charge in [-0.15, -0.1) is 24.8 Å². The first-order valence-electron chi connectivity index (χ1n) is 5.85. The quantitative estimate of drug-likeness (QED) is 0.941. The van der Waals surface area contributed by atoms with Crippen LogP contribution in [0.1, 0.15) is 12.3 Å². The van der Waals surface area contributed by atoms with Crippen LogP contribution in [0.5, 0.6) is 0 Å². The molecule has 3 rings (SSSR count). The van der Waals surface area contributed by atoms with Crippen molar-refractivity contribution in [2.24, 2.45) is 5.92 Å². The van der Waals surface area contributed by atoms with Crippen molar-refractivity contribution in [1.82, 2.24) is 20.4 Å². The maximum absolute atomic E-state index is 5.27. The Balaban J connectivity index is 0.000000902. The van der Waals surface area contributed by atoms with Crippen LogP contribution in [0.25, 0.3) is 11.4 Å². The lowest BCUT2D eigenvalue weighted by atomic mass is 10.1. The van der Waals surface area contributed by atoms with Crippen molar-refractivity contribution in [1.29, 1.82) is 0 Å². The Bertz CT molecular complexity index is 485. The molecule has 2 aromatic rings. The van der Waals surface area contributed by atoms with Gasteiger partial charge in [-0.2, -0.15) is 4.98 Å². The van der Waals surface area contributed by atoms with Crippen molar-refractivity contribution in [3.05, 3.63) is 30.4 Å². The minimum atomic E-state index is 0. The number of aromatic nitrogens is 3. The summed E-state index contributed by atoms with van der Waals surface area (Å²) in [4.78, 5) is 8.38. The highest BCUT2D eigenvalue weighted by Gasteiger charge is 2.18. The molecule has 1 aliphatic heterocycles. The summed E-state index contributed by atoms with van der Waals surface area (Å²) < 4.78 is 5.27. The zero-order chi connectivity index (χ0) is 11.5. The van der Waals surface area contributed by atoms with Crippen LogP contribution in [0.3, 0.4) is 0 Å². The molecule has 0 aromatic carbocycles. The average molecular weight is 303 g/mol. The van der Waals surface area contributed by atoms with Crippen LogP contribution in [0.2, 0.25) is 0 Å². The second-order valence-corrected chi connectivity index (χ2v) is 4.31. The summed E-state index contributed by atoms with van der Waals surface area (Å²) in [7, 11) is 0. The molecule has 1 fully saturated rings. The Hall–Kier alpha value is -1.17. The molecular formula is C12H16Cl2N4O. The number of pyridine rings is 1. The van der Waals surface area contributed by atoms with Crippen molar-refractivity contribution in [2.75, 3.05) is 13.1 Å². The standard InChI is InChI=1S/C12H14N4O.2ClH/c1-4-14-8-9(1)7-11-15-12(16-17-11)10-2-5-13-6-3-10;;/h2-3,5-6,9,14H,1,4,7-8H2;2*1H. The van der Waals surface area contributed by atoms with Crippen LogP contribution in [0, 0.1) is 5.92 Å². The monoisotopic (exact) mass is 302 g/mol. The first-order chi connectivity index (χ1) is 8.42. The number of hydrogen-bond donors (Lipinski definition) is 1. The van der Waals surface area contributed by atoms with Crippen molar-refractivity contribution >= 4 is 24.8 Å². The number of nitrogens with one attached hydrogen (secondary N) is 1. The molecule has 0 aliphatic carbocycles. The van der Waals surface area contributed by atoms with Gasteiger partial charge in [-0.3, -0.25) is 4.98 Å². The van der Waals surface area contributed by atoms with Gasteiger partial charge in [-0.1, -0.05) is 5.16 Å². The van der Waals surface area contributed by atoms with E-state index in [4.69, 9.17) is 4.52 Å². The van der Waals surface area contributed by atoms with E-state index in [9.17, 15) is 0 Å². The predicted octanol–water partition coefficient (Wildman–Crippen LogP) is 2.13. The molecule has 0 saturated carbocycles. The molecule has 3 heterocycles. The Morgan fingerprint density at radius 3 is 2.74 bits per heavy atom. The first kappa shape index (κ1) is 15.9. The Kier molecular flexibility index (Phi) is 6.21. The summed E-state index contributed by atoms with van der Waals surface area (Å²) >= 11 is 0.